The highest BCUT2D eigenvalue weighted by atomic mass is 16.3. The van der Waals surface area contributed by atoms with E-state index in [1.54, 1.807) is 36.6 Å². The minimum Gasteiger partial charge on any atom is -0.467 e. The molecule has 1 aromatic carbocycles. The first-order valence-electron chi connectivity index (χ1n) is 5.56. The molecule has 5 N–H and O–H groups in total. The number of carbonyl (C=O) groups excluding carboxylic acids is 1. The maximum Gasteiger partial charge on any atom is 0.252 e. The van der Waals surface area contributed by atoms with Crippen LogP contribution in [0.3, 0.4) is 0 Å². The highest BCUT2D eigenvalue weighted by molar-refractivity contribution is 5.96. The van der Waals surface area contributed by atoms with Crippen molar-refractivity contribution in [1.29, 1.82) is 0 Å². The number of carbonyl (C=O) groups is 1. The molecule has 0 aliphatic carbocycles. The molecule has 0 saturated heterocycles. The molecule has 0 aliphatic heterocycles. The number of hydrogen-bond acceptors (Lipinski definition) is 4. The van der Waals surface area contributed by atoms with E-state index in [2.05, 4.69) is 5.32 Å². The van der Waals surface area contributed by atoms with Crippen molar-refractivity contribution >= 4 is 17.3 Å². The van der Waals surface area contributed by atoms with Crippen molar-refractivity contribution in [1.82, 2.24) is 5.32 Å². The summed E-state index contributed by atoms with van der Waals surface area (Å²) >= 11 is 0. The van der Waals surface area contributed by atoms with Crippen LogP contribution in [0.1, 0.15) is 29.1 Å². The summed E-state index contributed by atoms with van der Waals surface area (Å²) < 4.78 is 5.22. The van der Waals surface area contributed by atoms with E-state index in [4.69, 9.17) is 15.9 Å². The molecule has 0 bridgehead atoms. The third kappa shape index (κ3) is 2.63. The van der Waals surface area contributed by atoms with Gasteiger partial charge in [-0.2, -0.15) is 0 Å². The lowest BCUT2D eigenvalue weighted by atomic mass is 10.1. The van der Waals surface area contributed by atoms with E-state index in [0.717, 1.165) is 0 Å². The Balaban J connectivity index is 2.12. The summed E-state index contributed by atoms with van der Waals surface area (Å²) in [5.74, 6) is 0.457. The Hall–Kier alpha value is -2.43. The maximum atomic E-state index is 12.0. The molecule has 5 nitrogen and oxygen atoms in total. The van der Waals surface area contributed by atoms with Gasteiger partial charge in [0.2, 0.25) is 0 Å². The summed E-state index contributed by atoms with van der Waals surface area (Å²) in [6.45, 7) is 1.84. The summed E-state index contributed by atoms with van der Waals surface area (Å²) in [4.78, 5) is 12.0. The van der Waals surface area contributed by atoms with Gasteiger partial charge in [-0.3, -0.25) is 4.79 Å². The third-order valence-corrected chi connectivity index (χ3v) is 2.56. The van der Waals surface area contributed by atoms with Crippen molar-refractivity contribution in [3.63, 3.8) is 0 Å². The van der Waals surface area contributed by atoms with Crippen LogP contribution >= 0.6 is 0 Å². The maximum absolute atomic E-state index is 12.0. The zero-order chi connectivity index (χ0) is 13.1. The molecule has 0 saturated carbocycles. The molecule has 2 rings (SSSR count). The number of nitrogens with one attached hydrogen (secondary N) is 1. The Bertz CT molecular complexity index is 529. The van der Waals surface area contributed by atoms with Gasteiger partial charge >= 0.3 is 0 Å². The lowest BCUT2D eigenvalue weighted by molar-refractivity contribution is 0.0935. The number of anilines is 2. The predicted octanol–water partition coefficient (Wildman–Crippen LogP) is 1.94. The number of nitrogens with two attached hydrogens (primary N) is 2. The van der Waals surface area contributed by atoms with Gasteiger partial charge in [0.05, 0.1) is 12.3 Å². The molecule has 94 valence electrons. The minimum atomic E-state index is -0.238. The number of amides is 1. The Morgan fingerprint density at radius 3 is 2.50 bits per heavy atom. The molecular weight excluding hydrogens is 230 g/mol. The Labute approximate surface area is 105 Å². The van der Waals surface area contributed by atoms with Crippen LogP contribution in [0.25, 0.3) is 0 Å². The molecule has 1 heterocycles. The van der Waals surface area contributed by atoms with Gasteiger partial charge in [-0.05, 0) is 37.3 Å². The SMILES string of the molecule is CC(NC(=O)c1cc(N)cc(N)c1)c1ccco1. The quantitative estimate of drug-likeness (QED) is 0.720. The average Bonchev–Trinajstić information content (AvgIpc) is 2.80. The van der Waals surface area contributed by atoms with Crippen molar-refractivity contribution < 1.29 is 9.21 Å². The third-order valence-electron chi connectivity index (χ3n) is 2.56. The standard InChI is InChI=1S/C13H15N3O2/c1-8(12-3-2-4-18-12)16-13(17)9-5-10(14)7-11(15)6-9/h2-8H,14-15H2,1H3,(H,16,17). The summed E-state index contributed by atoms with van der Waals surface area (Å²) in [5, 5.41) is 2.81. The molecule has 0 spiro atoms. The van der Waals surface area contributed by atoms with Crippen molar-refractivity contribution in [2.24, 2.45) is 0 Å². The average molecular weight is 245 g/mol. The van der Waals surface area contributed by atoms with Crippen LogP contribution in [-0.2, 0) is 0 Å². The number of furan rings is 1. The van der Waals surface area contributed by atoms with Crippen LogP contribution < -0.4 is 16.8 Å². The lowest BCUT2D eigenvalue weighted by Gasteiger charge is -2.12. The predicted molar refractivity (Wildman–Crippen MR) is 69.9 cm³/mol. The van der Waals surface area contributed by atoms with Crippen LogP contribution in [0.5, 0.6) is 0 Å². The number of hydrogen-bond donors (Lipinski definition) is 3. The molecule has 18 heavy (non-hydrogen) atoms. The Morgan fingerprint density at radius 2 is 1.94 bits per heavy atom. The number of nitrogen functional groups attached to an aromatic ring is 2. The van der Waals surface area contributed by atoms with Crippen LogP contribution in [0.15, 0.2) is 41.0 Å². The van der Waals surface area contributed by atoms with Gasteiger partial charge < -0.3 is 21.2 Å². The van der Waals surface area contributed by atoms with E-state index >= 15 is 0 Å². The van der Waals surface area contributed by atoms with E-state index in [1.165, 1.54) is 0 Å². The van der Waals surface area contributed by atoms with Gasteiger partial charge in [0.15, 0.2) is 0 Å². The van der Waals surface area contributed by atoms with Crippen LogP contribution in [0.4, 0.5) is 11.4 Å². The number of benzene rings is 1. The molecule has 0 radical (unpaired) electrons. The highest BCUT2D eigenvalue weighted by Crippen LogP contribution is 2.16. The molecular formula is C13H15N3O2. The second-order valence-electron chi connectivity index (χ2n) is 4.10. The van der Waals surface area contributed by atoms with Crippen LogP contribution in [0.2, 0.25) is 0 Å². The van der Waals surface area contributed by atoms with E-state index in [-0.39, 0.29) is 11.9 Å². The minimum absolute atomic E-state index is 0.213. The topological polar surface area (TPSA) is 94.3 Å². The van der Waals surface area contributed by atoms with Gasteiger partial charge in [0.25, 0.3) is 5.91 Å². The van der Waals surface area contributed by atoms with Crippen molar-refractivity contribution in [2.45, 2.75) is 13.0 Å². The zero-order valence-electron chi connectivity index (χ0n) is 10.0. The monoisotopic (exact) mass is 245 g/mol. The smallest absolute Gasteiger partial charge is 0.252 e. The first-order chi connectivity index (χ1) is 8.56. The fourth-order valence-electron chi connectivity index (χ4n) is 1.70. The van der Waals surface area contributed by atoms with Gasteiger partial charge in [-0.15, -0.1) is 0 Å². The second kappa shape index (κ2) is 4.83. The summed E-state index contributed by atoms with van der Waals surface area (Å²) in [6, 6.07) is 8.14. The first-order valence-corrected chi connectivity index (χ1v) is 5.56. The molecule has 1 unspecified atom stereocenters. The molecule has 0 fully saturated rings. The molecule has 1 atom stereocenters. The zero-order valence-corrected chi connectivity index (χ0v) is 10.0. The van der Waals surface area contributed by atoms with Crippen LogP contribution in [0, 0.1) is 0 Å². The van der Waals surface area contributed by atoms with Gasteiger partial charge in [-0.1, -0.05) is 0 Å². The van der Waals surface area contributed by atoms with Crippen molar-refractivity contribution in [2.75, 3.05) is 11.5 Å². The van der Waals surface area contributed by atoms with Gasteiger partial charge in [0, 0.05) is 16.9 Å². The molecule has 1 amide bonds. The summed E-state index contributed by atoms with van der Waals surface area (Å²) in [7, 11) is 0. The first kappa shape index (κ1) is 12.0. The molecule has 1 aromatic heterocycles. The lowest BCUT2D eigenvalue weighted by Crippen LogP contribution is -2.26. The number of rotatable bonds is 3. The largest absolute Gasteiger partial charge is 0.467 e. The summed E-state index contributed by atoms with van der Waals surface area (Å²) in [5.41, 5.74) is 12.7. The molecule has 5 heteroatoms. The summed E-state index contributed by atoms with van der Waals surface area (Å²) in [6.07, 6.45) is 1.57. The van der Waals surface area contributed by atoms with Crippen LogP contribution in [-0.4, -0.2) is 5.91 Å². The fourth-order valence-corrected chi connectivity index (χ4v) is 1.70. The molecule has 0 aliphatic rings. The Kier molecular flexibility index (Phi) is 3.23. The van der Waals surface area contributed by atoms with Gasteiger partial charge in [0.1, 0.15) is 5.76 Å². The fraction of sp³-hybridized carbons (Fsp3) is 0.154. The van der Waals surface area contributed by atoms with E-state index in [0.29, 0.717) is 22.7 Å². The highest BCUT2D eigenvalue weighted by Gasteiger charge is 2.13. The van der Waals surface area contributed by atoms with E-state index in [1.807, 2.05) is 6.92 Å². The van der Waals surface area contributed by atoms with E-state index in [9.17, 15) is 4.79 Å². The van der Waals surface area contributed by atoms with Gasteiger partial charge in [-0.25, -0.2) is 0 Å². The van der Waals surface area contributed by atoms with Crippen molar-refractivity contribution in [3.8, 4) is 0 Å². The van der Waals surface area contributed by atoms with Crippen molar-refractivity contribution in [3.05, 3.63) is 47.9 Å². The van der Waals surface area contributed by atoms with E-state index < -0.39 is 0 Å². The Morgan fingerprint density at radius 1 is 1.28 bits per heavy atom. The molecule has 2 aromatic rings. The second-order valence-corrected chi connectivity index (χ2v) is 4.10. The normalized spacial score (nSPS) is 12.1.